The van der Waals surface area contributed by atoms with Gasteiger partial charge >= 0.3 is 0 Å². The average Bonchev–Trinajstić information content (AvgIpc) is 3.04. The van der Waals surface area contributed by atoms with E-state index in [1.54, 1.807) is 4.57 Å². The molecule has 1 aliphatic carbocycles. The van der Waals surface area contributed by atoms with Crippen molar-refractivity contribution >= 4 is 39.2 Å². The number of nitrogens with zero attached hydrogens (tertiary/aromatic N) is 2. The predicted molar refractivity (Wildman–Crippen MR) is 99.8 cm³/mol. The minimum absolute atomic E-state index is 0.0127. The molecule has 0 unspecified atom stereocenters. The maximum Gasteiger partial charge on any atom is 0.272 e. The largest absolute Gasteiger partial charge is 0.352 e. The van der Waals surface area contributed by atoms with E-state index in [0.717, 1.165) is 11.9 Å². The van der Waals surface area contributed by atoms with Crippen LogP contribution in [0.4, 0.5) is 0 Å². The van der Waals surface area contributed by atoms with Gasteiger partial charge in [0.1, 0.15) is 4.70 Å². The summed E-state index contributed by atoms with van der Waals surface area (Å²) in [5, 5.41) is 5.66. The van der Waals surface area contributed by atoms with Crippen molar-refractivity contribution in [3.8, 4) is 0 Å². The lowest BCUT2D eigenvalue weighted by Crippen LogP contribution is -2.41. The van der Waals surface area contributed by atoms with E-state index in [1.165, 1.54) is 42.4 Å². The van der Waals surface area contributed by atoms with Crippen LogP contribution < -0.4 is 10.9 Å². The summed E-state index contributed by atoms with van der Waals surface area (Å²) in [7, 11) is 0. The first-order valence-electron chi connectivity index (χ1n) is 8.50. The van der Waals surface area contributed by atoms with E-state index in [9.17, 15) is 9.59 Å². The molecule has 2 aromatic rings. The Kier molecular flexibility index (Phi) is 5.61. The van der Waals surface area contributed by atoms with Gasteiger partial charge in [-0.3, -0.25) is 14.2 Å². The van der Waals surface area contributed by atoms with Crippen LogP contribution >= 0.6 is 23.1 Å². The second kappa shape index (κ2) is 7.70. The predicted octanol–water partition coefficient (Wildman–Crippen LogP) is 3.26. The number of hydrogen-bond donors (Lipinski definition) is 1. The lowest BCUT2D eigenvalue weighted by atomic mass is 9.86. The van der Waals surface area contributed by atoms with E-state index in [2.05, 4.69) is 17.2 Å². The number of fused-ring (bicyclic) bond motifs is 1. The molecule has 130 valence electrons. The SMILES string of the molecule is CCn1c(SCC(=O)N[C@@H]2CCCC[C@H]2C)nc2ccsc2c1=O. The zero-order valence-electron chi connectivity index (χ0n) is 14.1. The normalized spacial score (nSPS) is 21.1. The quantitative estimate of drug-likeness (QED) is 0.652. The van der Waals surface area contributed by atoms with Gasteiger partial charge in [-0.25, -0.2) is 4.98 Å². The Morgan fingerprint density at radius 3 is 3.00 bits per heavy atom. The summed E-state index contributed by atoms with van der Waals surface area (Å²) in [5.74, 6) is 0.869. The fourth-order valence-electron chi connectivity index (χ4n) is 3.22. The monoisotopic (exact) mass is 365 g/mol. The van der Waals surface area contributed by atoms with Gasteiger partial charge in [0.05, 0.1) is 11.3 Å². The second-order valence-electron chi connectivity index (χ2n) is 6.30. The molecule has 0 bridgehead atoms. The average molecular weight is 366 g/mol. The van der Waals surface area contributed by atoms with Crippen LogP contribution in [0.5, 0.6) is 0 Å². The van der Waals surface area contributed by atoms with Crippen molar-refractivity contribution in [3.05, 3.63) is 21.8 Å². The number of amides is 1. The molecule has 1 aliphatic rings. The molecule has 1 saturated carbocycles. The van der Waals surface area contributed by atoms with E-state index >= 15 is 0 Å². The minimum atomic E-state index is -0.0127. The van der Waals surface area contributed by atoms with Crippen LogP contribution in [0.3, 0.4) is 0 Å². The van der Waals surface area contributed by atoms with Gasteiger partial charge in [0.15, 0.2) is 5.16 Å². The fraction of sp³-hybridized carbons (Fsp3) is 0.588. The third kappa shape index (κ3) is 3.67. The molecule has 1 fully saturated rings. The molecule has 2 atom stereocenters. The molecular weight excluding hydrogens is 342 g/mol. The molecule has 0 radical (unpaired) electrons. The molecule has 24 heavy (non-hydrogen) atoms. The summed E-state index contributed by atoms with van der Waals surface area (Å²) in [6.07, 6.45) is 4.70. The minimum Gasteiger partial charge on any atom is -0.352 e. The van der Waals surface area contributed by atoms with Crippen molar-refractivity contribution in [3.63, 3.8) is 0 Å². The van der Waals surface area contributed by atoms with Crippen LogP contribution in [0, 0.1) is 5.92 Å². The lowest BCUT2D eigenvalue weighted by Gasteiger charge is -2.29. The van der Waals surface area contributed by atoms with E-state index in [4.69, 9.17) is 0 Å². The van der Waals surface area contributed by atoms with Crippen molar-refractivity contribution in [1.29, 1.82) is 0 Å². The Bertz CT molecular complexity index is 784. The number of aromatic nitrogens is 2. The number of thioether (sulfide) groups is 1. The topological polar surface area (TPSA) is 64.0 Å². The molecule has 0 spiro atoms. The maximum atomic E-state index is 12.5. The van der Waals surface area contributed by atoms with Crippen LogP contribution in [0.15, 0.2) is 21.4 Å². The molecular formula is C17H23N3O2S2. The van der Waals surface area contributed by atoms with Gasteiger partial charge in [-0.1, -0.05) is 31.5 Å². The summed E-state index contributed by atoms with van der Waals surface area (Å²) in [6, 6.07) is 2.14. The standard InChI is InChI=1S/C17H23N3O2S2/c1-3-20-16(22)15-13(8-9-23-15)19-17(20)24-10-14(21)18-12-7-5-4-6-11(12)2/h8-9,11-12H,3-7,10H2,1-2H3,(H,18,21)/t11-,12-/m1/s1. The highest BCUT2D eigenvalue weighted by Gasteiger charge is 2.23. The van der Waals surface area contributed by atoms with Crippen molar-refractivity contribution in [2.24, 2.45) is 5.92 Å². The Morgan fingerprint density at radius 1 is 1.46 bits per heavy atom. The van der Waals surface area contributed by atoms with Gasteiger partial charge in [-0.2, -0.15) is 0 Å². The van der Waals surface area contributed by atoms with E-state index in [1.807, 2.05) is 18.4 Å². The summed E-state index contributed by atoms with van der Waals surface area (Å²) < 4.78 is 2.33. The van der Waals surface area contributed by atoms with Crippen LogP contribution in [-0.4, -0.2) is 27.3 Å². The van der Waals surface area contributed by atoms with Gasteiger partial charge in [0, 0.05) is 12.6 Å². The van der Waals surface area contributed by atoms with Crippen molar-refractivity contribution in [1.82, 2.24) is 14.9 Å². The summed E-state index contributed by atoms with van der Waals surface area (Å²) in [5.41, 5.74) is 0.708. The molecule has 0 aliphatic heterocycles. The van der Waals surface area contributed by atoms with Crippen molar-refractivity contribution in [2.75, 3.05) is 5.75 Å². The fourth-order valence-corrected chi connectivity index (χ4v) is 4.87. The van der Waals surface area contributed by atoms with Crippen molar-refractivity contribution in [2.45, 2.75) is 57.3 Å². The molecule has 7 heteroatoms. The second-order valence-corrected chi connectivity index (χ2v) is 8.16. The van der Waals surface area contributed by atoms with E-state index in [0.29, 0.717) is 28.1 Å². The lowest BCUT2D eigenvalue weighted by molar-refractivity contribution is -0.119. The Balaban J connectivity index is 1.68. The molecule has 5 nitrogen and oxygen atoms in total. The highest BCUT2D eigenvalue weighted by molar-refractivity contribution is 7.99. The van der Waals surface area contributed by atoms with Crippen LogP contribution in [0.25, 0.3) is 10.2 Å². The smallest absolute Gasteiger partial charge is 0.272 e. The Hall–Kier alpha value is -1.34. The van der Waals surface area contributed by atoms with Gasteiger partial charge in [-0.05, 0) is 37.1 Å². The number of hydrogen-bond acceptors (Lipinski definition) is 5. The summed E-state index contributed by atoms with van der Waals surface area (Å²) in [6.45, 7) is 4.69. The van der Waals surface area contributed by atoms with Crippen LogP contribution in [0.1, 0.15) is 39.5 Å². The van der Waals surface area contributed by atoms with E-state index < -0.39 is 0 Å². The first-order valence-corrected chi connectivity index (χ1v) is 10.4. The zero-order chi connectivity index (χ0) is 17.1. The third-order valence-corrected chi connectivity index (χ3v) is 6.51. The number of carbonyl (C=O) groups excluding carboxylic acids is 1. The molecule has 2 heterocycles. The van der Waals surface area contributed by atoms with Gasteiger partial charge in [-0.15, -0.1) is 11.3 Å². The Labute approximate surface area is 149 Å². The highest BCUT2D eigenvalue weighted by atomic mass is 32.2. The van der Waals surface area contributed by atoms with Crippen LogP contribution in [-0.2, 0) is 11.3 Å². The number of thiophene rings is 1. The molecule has 2 aromatic heterocycles. The molecule has 0 aromatic carbocycles. The van der Waals surface area contributed by atoms with Crippen LogP contribution in [0.2, 0.25) is 0 Å². The maximum absolute atomic E-state index is 12.5. The summed E-state index contributed by atoms with van der Waals surface area (Å²) >= 11 is 2.76. The molecule has 0 saturated heterocycles. The van der Waals surface area contributed by atoms with Gasteiger partial charge in [0.2, 0.25) is 5.91 Å². The molecule has 1 N–H and O–H groups in total. The Morgan fingerprint density at radius 2 is 2.25 bits per heavy atom. The molecule has 3 rings (SSSR count). The zero-order valence-corrected chi connectivity index (χ0v) is 15.7. The van der Waals surface area contributed by atoms with Gasteiger partial charge < -0.3 is 5.32 Å². The van der Waals surface area contributed by atoms with Crippen molar-refractivity contribution < 1.29 is 4.79 Å². The summed E-state index contributed by atoms with van der Waals surface area (Å²) in [4.78, 5) is 29.3. The highest BCUT2D eigenvalue weighted by Crippen LogP contribution is 2.24. The molecule has 1 amide bonds. The number of carbonyl (C=O) groups is 1. The van der Waals surface area contributed by atoms with E-state index in [-0.39, 0.29) is 17.5 Å². The number of nitrogens with one attached hydrogen (secondary N) is 1. The third-order valence-electron chi connectivity index (χ3n) is 4.64. The van der Waals surface area contributed by atoms with Gasteiger partial charge in [0.25, 0.3) is 5.56 Å². The first-order chi connectivity index (χ1) is 11.6. The first kappa shape index (κ1) is 17.5. The number of rotatable bonds is 5.